The Morgan fingerprint density at radius 3 is 2.50 bits per heavy atom. The summed E-state index contributed by atoms with van der Waals surface area (Å²) in [5, 5.41) is 0. The van der Waals surface area contributed by atoms with E-state index in [2.05, 4.69) is 36.7 Å². The van der Waals surface area contributed by atoms with E-state index in [1.165, 1.54) is 0 Å². The fourth-order valence-corrected chi connectivity index (χ4v) is 1.90. The Morgan fingerprint density at radius 1 is 1.31 bits per heavy atom. The summed E-state index contributed by atoms with van der Waals surface area (Å²) in [6, 6.07) is 5.79. The van der Waals surface area contributed by atoms with Crippen LogP contribution in [0.1, 0.15) is 49.5 Å². The minimum atomic E-state index is 0.218. The molecule has 0 atom stereocenters. The van der Waals surface area contributed by atoms with E-state index in [0.717, 1.165) is 22.0 Å². The van der Waals surface area contributed by atoms with Gasteiger partial charge in [0.1, 0.15) is 0 Å². The zero-order chi connectivity index (χ0) is 12.3. The molecule has 1 aromatic rings. The minimum absolute atomic E-state index is 0.218. The molecule has 0 saturated carbocycles. The number of hydrogen-bond donors (Lipinski definition) is 0. The van der Waals surface area contributed by atoms with Crippen molar-refractivity contribution in [3.8, 4) is 0 Å². The smallest absolute Gasteiger partial charge is 0.163 e. The first-order valence-corrected chi connectivity index (χ1v) is 6.39. The molecule has 88 valence electrons. The van der Waals surface area contributed by atoms with Crippen molar-refractivity contribution in [2.75, 3.05) is 0 Å². The average Bonchev–Trinajstić information content (AvgIpc) is 2.17. The van der Waals surface area contributed by atoms with Crippen LogP contribution in [0.4, 0.5) is 0 Å². The third-order valence-electron chi connectivity index (χ3n) is 2.67. The highest BCUT2D eigenvalue weighted by atomic mass is 79.9. The Kier molecular flexibility index (Phi) is 4.31. The van der Waals surface area contributed by atoms with Crippen molar-refractivity contribution in [1.82, 2.24) is 0 Å². The van der Waals surface area contributed by atoms with Gasteiger partial charge in [-0.2, -0.15) is 0 Å². The van der Waals surface area contributed by atoms with Crippen molar-refractivity contribution in [3.05, 3.63) is 33.8 Å². The van der Waals surface area contributed by atoms with Crippen molar-refractivity contribution in [1.29, 1.82) is 0 Å². The van der Waals surface area contributed by atoms with Gasteiger partial charge in [0.15, 0.2) is 5.78 Å². The molecule has 0 aromatic heterocycles. The van der Waals surface area contributed by atoms with Gasteiger partial charge in [-0.15, -0.1) is 0 Å². The van der Waals surface area contributed by atoms with Crippen molar-refractivity contribution in [2.45, 2.75) is 40.5 Å². The lowest BCUT2D eigenvalue weighted by Crippen LogP contribution is -2.10. The molecule has 1 aromatic carbocycles. The molecule has 0 heterocycles. The van der Waals surface area contributed by atoms with Crippen LogP contribution < -0.4 is 0 Å². The lowest BCUT2D eigenvalue weighted by molar-refractivity contribution is 0.0965. The summed E-state index contributed by atoms with van der Waals surface area (Å²) in [4.78, 5) is 12.0. The Hall–Kier alpha value is -0.630. The average molecular weight is 283 g/mol. The molecule has 0 spiro atoms. The van der Waals surface area contributed by atoms with Gasteiger partial charge in [-0.05, 0) is 30.4 Å². The van der Waals surface area contributed by atoms with Crippen LogP contribution in [-0.4, -0.2) is 5.78 Å². The van der Waals surface area contributed by atoms with Gasteiger partial charge in [-0.3, -0.25) is 4.79 Å². The number of carbonyl (C=O) groups excluding carboxylic acids is 1. The molecule has 1 rings (SSSR count). The maximum atomic E-state index is 12.0. The fourth-order valence-electron chi connectivity index (χ4n) is 1.53. The second kappa shape index (κ2) is 5.13. The molecule has 0 unspecified atom stereocenters. The van der Waals surface area contributed by atoms with Crippen LogP contribution in [0.25, 0.3) is 0 Å². The normalized spacial score (nSPS) is 11.6. The predicted molar refractivity (Wildman–Crippen MR) is 71.9 cm³/mol. The van der Waals surface area contributed by atoms with Crippen molar-refractivity contribution < 1.29 is 4.79 Å². The van der Waals surface area contributed by atoms with Gasteiger partial charge in [-0.25, -0.2) is 0 Å². The van der Waals surface area contributed by atoms with E-state index in [0.29, 0.717) is 6.42 Å². The van der Waals surface area contributed by atoms with Crippen LogP contribution in [0.5, 0.6) is 0 Å². The van der Waals surface area contributed by atoms with E-state index in [1.54, 1.807) is 0 Å². The summed E-state index contributed by atoms with van der Waals surface area (Å²) < 4.78 is 1.01. The third kappa shape index (κ3) is 3.75. The summed E-state index contributed by atoms with van der Waals surface area (Å²) in [5.41, 5.74) is 2.11. The predicted octanol–water partition coefficient (Wildman–Crippen LogP) is 4.77. The summed E-state index contributed by atoms with van der Waals surface area (Å²) in [5.74, 6) is 0.244. The zero-order valence-corrected chi connectivity index (χ0v) is 12.0. The Morgan fingerprint density at radius 2 is 1.94 bits per heavy atom. The van der Waals surface area contributed by atoms with E-state index in [9.17, 15) is 4.79 Å². The van der Waals surface area contributed by atoms with Crippen LogP contribution in [0.3, 0.4) is 0 Å². The second-order valence-corrected chi connectivity index (χ2v) is 6.25. The van der Waals surface area contributed by atoms with Gasteiger partial charge in [0.2, 0.25) is 0 Å². The summed E-state index contributed by atoms with van der Waals surface area (Å²) >= 11 is 3.45. The summed E-state index contributed by atoms with van der Waals surface area (Å²) in [6.07, 6.45) is 1.55. The van der Waals surface area contributed by atoms with Crippen molar-refractivity contribution in [3.63, 3.8) is 0 Å². The van der Waals surface area contributed by atoms with E-state index in [1.807, 2.05) is 25.1 Å². The molecule has 0 aliphatic rings. The molecule has 2 heteroatoms. The molecular formula is C14H19BrO. The Bertz CT molecular complexity index is 388. The standard InChI is InChI=1S/C14H19BrO/c1-10-11(6-5-7-12(10)15)13(16)8-9-14(2,3)4/h5-7H,8-9H2,1-4H3. The number of halogens is 1. The number of hydrogen-bond acceptors (Lipinski definition) is 1. The highest BCUT2D eigenvalue weighted by molar-refractivity contribution is 9.10. The van der Waals surface area contributed by atoms with Crippen molar-refractivity contribution in [2.24, 2.45) is 5.41 Å². The van der Waals surface area contributed by atoms with Crippen LogP contribution >= 0.6 is 15.9 Å². The molecule has 0 saturated heterocycles. The Labute approximate surface area is 106 Å². The maximum absolute atomic E-state index is 12.0. The summed E-state index contributed by atoms with van der Waals surface area (Å²) in [6.45, 7) is 8.46. The first-order valence-electron chi connectivity index (χ1n) is 5.59. The number of ketones is 1. The van der Waals surface area contributed by atoms with Gasteiger partial charge >= 0.3 is 0 Å². The van der Waals surface area contributed by atoms with Gasteiger partial charge in [0.25, 0.3) is 0 Å². The van der Waals surface area contributed by atoms with Crippen molar-refractivity contribution >= 4 is 21.7 Å². The van der Waals surface area contributed by atoms with Gasteiger partial charge in [0, 0.05) is 16.5 Å². The largest absolute Gasteiger partial charge is 0.294 e. The SMILES string of the molecule is Cc1c(Br)cccc1C(=O)CCC(C)(C)C. The molecule has 0 amide bonds. The third-order valence-corrected chi connectivity index (χ3v) is 3.53. The first-order chi connectivity index (χ1) is 7.31. The van der Waals surface area contributed by atoms with Gasteiger partial charge in [-0.1, -0.05) is 48.8 Å². The number of Topliss-reactive ketones (excluding diaryl/α,β-unsaturated/α-hetero) is 1. The maximum Gasteiger partial charge on any atom is 0.163 e. The molecule has 0 fully saturated rings. The van der Waals surface area contributed by atoms with Crippen LogP contribution in [0, 0.1) is 12.3 Å². The van der Waals surface area contributed by atoms with Gasteiger partial charge in [0.05, 0.1) is 0 Å². The molecular weight excluding hydrogens is 264 g/mol. The molecule has 0 bridgehead atoms. The molecule has 0 aliphatic carbocycles. The zero-order valence-electron chi connectivity index (χ0n) is 10.4. The molecule has 16 heavy (non-hydrogen) atoms. The van der Waals surface area contributed by atoms with E-state index >= 15 is 0 Å². The molecule has 0 aliphatic heterocycles. The van der Waals surface area contributed by atoms with E-state index in [-0.39, 0.29) is 11.2 Å². The molecule has 0 radical (unpaired) electrons. The monoisotopic (exact) mass is 282 g/mol. The lowest BCUT2D eigenvalue weighted by atomic mass is 9.88. The Balaban J connectivity index is 2.78. The molecule has 0 N–H and O–H groups in total. The van der Waals surface area contributed by atoms with Crippen LogP contribution in [0.2, 0.25) is 0 Å². The van der Waals surface area contributed by atoms with Crippen LogP contribution in [0.15, 0.2) is 22.7 Å². The number of rotatable bonds is 3. The first kappa shape index (κ1) is 13.4. The number of carbonyl (C=O) groups is 1. The second-order valence-electron chi connectivity index (χ2n) is 5.40. The van der Waals surface area contributed by atoms with E-state index in [4.69, 9.17) is 0 Å². The lowest BCUT2D eigenvalue weighted by Gasteiger charge is -2.17. The van der Waals surface area contributed by atoms with Gasteiger partial charge < -0.3 is 0 Å². The highest BCUT2D eigenvalue weighted by Crippen LogP contribution is 2.25. The quantitative estimate of drug-likeness (QED) is 0.730. The summed E-state index contributed by atoms with van der Waals surface area (Å²) in [7, 11) is 0. The minimum Gasteiger partial charge on any atom is -0.294 e. The fraction of sp³-hybridized carbons (Fsp3) is 0.500. The van der Waals surface area contributed by atoms with E-state index < -0.39 is 0 Å². The number of benzene rings is 1. The topological polar surface area (TPSA) is 17.1 Å². The molecule has 1 nitrogen and oxygen atoms in total. The highest BCUT2D eigenvalue weighted by Gasteiger charge is 2.15. The van der Waals surface area contributed by atoms with Crippen LogP contribution in [-0.2, 0) is 0 Å².